The van der Waals surface area contributed by atoms with Crippen LogP contribution in [0.5, 0.6) is 0 Å². The Kier molecular flexibility index (Phi) is 3.06. The van der Waals surface area contributed by atoms with Crippen molar-refractivity contribution in [2.45, 2.75) is 6.92 Å². The van der Waals surface area contributed by atoms with Gasteiger partial charge in [-0.3, -0.25) is 10.1 Å². The van der Waals surface area contributed by atoms with Gasteiger partial charge in [0.1, 0.15) is 11.1 Å². The van der Waals surface area contributed by atoms with Gasteiger partial charge >= 0.3 is 6.01 Å². The summed E-state index contributed by atoms with van der Waals surface area (Å²) in [6.07, 6.45) is 1.50. The quantitative estimate of drug-likeness (QED) is 0.860. The fourth-order valence-electron chi connectivity index (χ4n) is 1.02. The molecule has 1 N–H and O–H groups in total. The third kappa shape index (κ3) is 2.37. The molecule has 0 aromatic carbocycles. The molecule has 0 radical (unpaired) electrons. The minimum absolute atomic E-state index is 0.184. The zero-order valence-corrected chi connectivity index (χ0v) is 10.8. The molecule has 0 aliphatic rings. The number of aromatic nitrogens is 1. The summed E-state index contributed by atoms with van der Waals surface area (Å²) in [5.74, 6) is -0.184. The lowest BCUT2D eigenvalue weighted by molar-refractivity contribution is 0.102. The van der Waals surface area contributed by atoms with Crippen LogP contribution in [0.25, 0.3) is 0 Å². The molecule has 0 bridgehead atoms. The van der Waals surface area contributed by atoms with E-state index in [1.807, 2.05) is 11.4 Å². The van der Waals surface area contributed by atoms with Gasteiger partial charge in [-0.2, -0.15) is 4.98 Å². The number of halogens is 1. The third-order valence-electron chi connectivity index (χ3n) is 1.66. The lowest BCUT2D eigenvalue weighted by Gasteiger charge is -1.97. The highest BCUT2D eigenvalue weighted by atomic mass is 127. The van der Waals surface area contributed by atoms with Gasteiger partial charge in [0.2, 0.25) is 0 Å². The number of anilines is 1. The summed E-state index contributed by atoms with van der Waals surface area (Å²) in [7, 11) is 0. The number of carbonyl (C=O) groups excluding carboxylic acids is 1. The Morgan fingerprint density at radius 2 is 2.47 bits per heavy atom. The summed E-state index contributed by atoms with van der Waals surface area (Å²) in [6, 6.07) is 2.13. The van der Waals surface area contributed by atoms with Gasteiger partial charge in [-0.15, -0.1) is 11.3 Å². The van der Waals surface area contributed by atoms with Crippen LogP contribution >= 0.6 is 33.9 Å². The van der Waals surface area contributed by atoms with Crippen LogP contribution in [0.4, 0.5) is 6.01 Å². The number of hydrogen-bond donors (Lipinski definition) is 1. The maximum absolute atomic E-state index is 11.7. The van der Waals surface area contributed by atoms with E-state index in [9.17, 15) is 4.79 Å². The standard InChI is InChI=1S/C9H7IN2O2S/c1-5-4-14-9(11-5)12-8(13)7-6(10)2-3-15-7/h2-4H,1H3,(H,11,12,13). The lowest BCUT2D eigenvalue weighted by Crippen LogP contribution is -2.11. The van der Waals surface area contributed by atoms with Crippen LogP contribution in [-0.2, 0) is 0 Å². The Morgan fingerprint density at radius 1 is 1.67 bits per heavy atom. The van der Waals surface area contributed by atoms with Gasteiger partial charge in [0.25, 0.3) is 5.91 Å². The Hall–Kier alpha value is -0.890. The normalized spacial score (nSPS) is 10.3. The Bertz CT molecular complexity index is 492. The van der Waals surface area contributed by atoms with Crippen LogP contribution in [0.15, 0.2) is 22.1 Å². The molecular weight excluding hydrogens is 327 g/mol. The van der Waals surface area contributed by atoms with Crippen molar-refractivity contribution in [3.63, 3.8) is 0 Å². The monoisotopic (exact) mass is 334 g/mol. The number of oxazole rings is 1. The molecule has 2 aromatic heterocycles. The second kappa shape index (κ2) is 4.31. The molecule has 78 valence electrons. The number of aryl methyl sites for hydroxylation is 1. The molecule has 2 heterocycles. The molecule has 0 spiro atoms. The van der Waals surface area contributed by atoms with Gasteiger partial charge < -0.3 is 4.42 Å². The highest BCUT2D eigenvalue weighted by Crippen LogP contribution is 2.20. The number of nitrogens with zero attached hydrogens (tertiary/aromatic N) is 1. The molecule has 0 aliphatic carbocycles. The summed E-state index contributed by atoms with van der Waals surface area (Å²) >= 11 is 3.51. The number of carbonyl (C=O) groups is 1. The maximum Gasteiger partial charge on any atom is 0.301 e. The predicted molar refractivity (Wildman–Crippen MR) is 66.2 cm³/mol. The smallest absolute Gasteiger partial charge is 0.301 e. The topological polar surface area (TPSA) is 55.1 Å². The second-order valence-corrected chi connectivity index (χ2v) is 4.92. The molecule has 6 heteroatoms. The SMILES string of the molecule is Cc1coc(NC(=O)c2sccc2I)n1. The van der Waals surface area contributed by atoms with E-state index in [0.29, 0.717) is 4.88 Å². The maximum atomic E-state index is 11.7. The summed E-state index contributed by atoms with van der Waals surface area (Å²) < 4.78 is 5.96. The first kappa shape index (κ1) is 10.6. The van der Waals surface area contributed by atoms with E-state index in [1.54, 1.807) is 6.92 Å². The van der Waals surface area contributed by atoms with E-state index in [2.05, 4.69) is 32.9 Å². The van der Waals surface area contributed by atoms with Gasteiger partial charge in [-0.1, -0.05) is 0 Å². The average molecular weight is 334 g/mol. The fourth-order valence-corrected chi connectivity index (χ4v) is 2.75. The molecule has 0 atom stereocenters. The minimum atomic E-state index is -0.184. The first-order valence-corrected chi connectivity index (χ1v) is 6.09. The molecule has 0 unspecified atom stereocenters. The average Bonchev–Trinajstić information content (AvgIpc) is 2.75. The molecule has 0 aliphatic heterocycles. The van der Waals surface area contributed by atoms with Gasteiger partial charge in [0.05, 0.1) is 5.69 Å². The number of rotatable bonds is 2. The van der Waals surface area contributed by atoms with E-state index in [-0.39, 0.29) is 11.9 Å². The third-order valence-corrected chi connectivity index (χ3v) is 3.84. The molecule has 4 nitrogen and oxygen atoms in total. The van der Waals surface area contributed by atoms with Gasteiger partial charge in [-0.25, -0.2) is 0 Å². The first-order chi connectivity index (χ1) is 7.16. The Labute approximate surface area is 104 Å². The summed E-state index contributed by atoms with van der Waals surface area (Å²) in [5.41, 5.74) is 0.742. The fraction of sp³-hybridized carbons (Fsp3) is 0.111. The molecule has 2 rings (SSSR count). The first-order valence-electron chi connectivity index (χ1n) is 4.13. The van der Waals surface area contributed by atoms with Crippen LogP contribution in [0, 0.1) is 10.5 Å². The molecule has 1 amide bonds. The van der Waals surface area contributed by atoms with Crippen molar-refractivity contribution < 1.29 is 9.21 Å². The molecule has 2 aromatic rings. The van der Waals surface area contributed by atoms with Gasteiger partial charge in [-0.05, 0) is 41.0 Å². The van der Waals surface area contributed by atoms with Gasteiger partial charge in [0.15, 0.2) is 0 Å². The van der Waals surface area contributed by atoms with Crippen molar-refractivity contribution in [3.05, 3.63) is 31.9 Å². The zero-order chi connectivity index (χ0) is 10.8. The van der Waals surface area contributed by atoms with Crippen molar-refractivity contribution in [3.8, 4) is 0 Å². The van der Waals surface area contributed by atoms with Crippen LogP contribution in [0.1, 0.15) is 15.4 Å². The molecule has 15 heavy (non-hydrogen) atoms. The van der Waals surface area contributed by atoms with E-state index in [0.717, 1.165) is 9.26 Å². The summed E-state index contributed by atoms with van der Waals surface area (Å²) in [4.78, 5) is 16.4. The number of hydrogen-bond acceptors (Lipinski definition) is 4. The molecule has 0 fully saturated rings. The molecule has 0 saturated heterocycles. The van der Waals surface area contributed by atoms with Crippen LogP contribution in [0.2, 0.25) is 0 Å². The lowest BCUT2D eigenvalue weighted by atomic mass is 10.4. The van der Waals surface area contributed by atoms with Crippen LogP contribution < -0.4 is 5.32 Å². The van der Waals surface area contributed by atoms with Crippen molar-refractivity contribution in [1.82, 2.24) is 4.98 Å². The molecule has 0 saturated carbocycles. The highest BCUT2D eigenvalue weighted by Gasteiger charge is 2.13. The molecular formula is C9H7IN2O2S. The van der Waals surface area contributed by atoms with E-state index >= 15 is 0 Å². The minimum Gasteiger partial charge on any atom is -0.432 e. The van der Waals surface area contributed by atoms with Crippen molar-refractivity contribution >= 4 is 45.8 Å². The highest BCUT2D eigenvalue weighted by molar-refractivity contribution is 14.1. The largest absolute Gasteiger partial charge is 0.432 e. The number of amides is 1. The van der Waals surface area contributed by atoms with Crippen molar-refractivity contribution in [2.24, 2.45) is 0 Å². The Morgan fingerprint density at radius 3 is 3.00 bits per heavy atom. The number of nitrogens with one attached hydrogen (secondary N) is 1. The number of thiophene rings is 1. The summed E-state index contributed by atoms with van der Waals surface area (Å²) in [5, 5.41) is 4.47. The van der Waals surface area contributed by atoms with Crippen molar-refractivity contribution in [2.75, 3.05) is 5.32 Å². The van der Waals surface area contributed by atoms with E-state index in [1.165, 1.54) is 17.6 Å². The second-order valence-electron chi connectivity index (χ2n) is 2.85. The predicted octanol–water partition coefficient (Wildman–Crippen LogP) is 2.90. The van der Waals surface area contributed by atoms with Gasteiger partial charge in [0, 0.05) is 3.57 Å². The Balaban J connectivity index is 2.14. The van der Waals surface area contributed by atoms with Crippen molar-refractivity contribution in [1.29, 1.82) is 0 Å². The van der Waals surface area contributed by atoms with Crippen LogP contribution in [0.3, 0.4) is 0 Å². The van der Waals surface area contributed by atoms with E-state index < -0.39 is 0 Å². The van der Waals surface area contributed by atoms with E-state index in [4.69, 9.17) is 4.42 Å². The van der Waals surface area contributed by atoms with Crippen LogP contribution in [-0.4, -0.2) is 10.9 Å². The zero-order valence-electron chi connectivity index (χ0n) is 7.78. The summed E-state index contributed by atoms with van der Waals surface area (Å²) in [6.45, 7) is 1.80.